The SMILES string of the molecule is CN1C(=O)[C@@H](NC(=O)c2cn(Cc3ccccc3)cn2)COc2ccc(C#CCN3CCN(CC#Cc4ccc5c(c4)N(C)C(=O)[C@@H](NC(=O)c4ncn(Cc6ccccc6)n4)CO5)CC3)cc21. The Labute approximate surface area is 393 Å². The summed E-state index contributed by atoms with van der Waals surface area (Å²) in [6, 6.07) is 28.7. The maximum atomic E-state index is 13.5. The van der Waals surface area contributed by atoms with Crippen LogP contribution in [0, 0.1) is 23.7 Å². The molecule has 0 bridgehead atoms. The van der Waals surface area contributed by atoms with Crippen LogP contribution in [0.4, 0.5) is 11.4 Å². The molecule has 9 rings (SSSR count). The van der Waals surface area contributed by atoms with E-state index in [2.05, 4.69) is 59.2 Å². The number of anilines is 2. The normalized spacial score (nSPS) is 17.1. The van der Waals surface area contributed by atoms with Crippen molar-refractivity contribution in [1.82, 2.24) is 44.7 Å². The molecule has 0 saturated carbocycles. The van der Waals surface area contributed by atoms with Gasteiger partial charge in [-0.1, -0.05) is 84.3 Å². The van der Waals surface area contributed by atoms with E-state index in [1.54, 1.807) is 43.4 Å². The quantitative estimate of drug-likeness (QED) is 0.194. The van der Waals surface area contributed by atoms with Crippen molar-refractivity contribution in [2.75, 3.05) is 76.4 Å². The highest BCUT2D eigenvalue weighted by molar-refractivity contribution is 6.03. The number of nitrogens with zero attached hydrogens (tertiary/aromatic N) is 9. The van der Waals surface area contributed by atoms with Gasteiger partial charge in [-0.15, -0.1) is 5.10 Å². The van der Waals surface area contributed by atoms with Crippen LogP contribution in [0.5, 0.6) is 11.5 Å². The smallest absolute Gasteiger partial charge is 0.291 e. The molecule has 1 saturated heterocycles. The minimum Gasteiger partial charge on any atom is -0.489 e. The van der Waals surface area contributed by atoms with Gasteiger partial charge in [0.1, 0.15) is 48.8 Å². The second-order valence-corrected chi connectivity index (χ2v) is 16.7. The number of carbonyl (C=O) groups excluding carboxylic acids is 4. The lowest BCUT2D eigenvalue weighted by Gasteiger charge is -2.32. The average Bonchev–Trinajstić information content (AvgIpc) is 4.00. The summed E-state index contributed by atoms with van der Waals surface area (Å²) in [4.78, 5) is 69.2. The van der Waals surface area contributed by atoms with E-state index in [0.29, 0.717) is 49.1 Å². The van der Waals surface area contributed by atoms with Crippen LogP contribution in [-0.4, -0.2) is 136 Å². The van der Waals surface area contributed by atoms with Crippen LogP contribution < -0.4 is 29.9 Å². The van der Waals surface area contributed by atoms with Gasteiger partial charge in [0.25, 0.3) is 23.6 Å². The Morgan fingerprint density at radius 2 is 1.16 bits per heavy atom. The Morgan fingerprint density at radius 3 is 1.71 bits per heavy atom. The first-order valence-electron chi connectivity index (χ1n) is 22.3. The van der Waals surface area contributed by atoms with E-state index >= 15 is 0 Å². The summed E-state index contributed by atoms with van der Waals surface area (Å²) in [5, 5.41) is 9.83. The third kappa shape index (κ3) is 10.7. The third-order valence-corrected chi connectivity index (χ3v) is 11.9. The topological polar surface area (TPSA) is 172 Å². The van der Waals surface area contributed by atoms with Crippen molar-refractivity contribution in [2.45, 2.75) is 25.2 Å². The highest BCUT2D eigenvalue weighted by Gasteiger charge is 2.33. The minimum atomic E-state index is -0.940. The molecule has 2 atom stereocenters. The molecule has 3 aliphatic rings. The maximum absolute atomic E-state index is 13.5. The number of fused-ring (bicyclic) bond motifs is 2. The van der Waals surface area contributed by atoms with Gasteiger partial charge in [-0.2, -0.15) is 0 Å². The molecule has 2 aromatic heterocycles. The number of nitrogens with one attached hydrogen (secondary N) is 2. The van der Waals surface area contributed by atoms with E-state index in [-0.39, 0.29) is 36.5 Å². The van der Waals surface area contributed by atoms with Gasteiger partial charge in [-0.3, -0.25) is 29.0 Å². The van der Waals surface area contributed by atoms with Crippen molar-refractivity contribution in [1.29, 1.82) is 0 Å². The number of hydrogen-bond acceptors (Lipinski definition) is 11. The van der Waals surface area contributed by atoms with E-state index in [0.717, 1.165) is 48.4 Å². The van der Waals surface area contributed by atoms with Crippen molar-refractivity contribution in [2.24, 2.45) is 0 Å². The van der Waals surface area contributed by atoms with E-state index in [1.807, 2.05) is 89.5 Å². The van der Waals surface area contributed by atoms with Crippen LogP contribution in [-0.2, 0) is 22.7 Å². The molecule has 3 aliphatic heterocycles. The first-order valence-corrected chi connectivity index (χ1v) is 22.3. The van der Waals surface area contributed by atoms with Crippen molar-refractivity contribution in [3.63, 3.8) is 0 Å². The molecule has 4 amide bonds. The summed E-state index contributed by atoms with van der Waals surface area (Å²) >= 11 is 0. The molecule has 4 aromatic carbocycles. The second kappa shape index (κ2) is 20.5. The average molecular weight is 912 g/mol. The standard InChI is InChI=1S/C51H49N11O6/c1-57-43-27-36(17-19-45(43)67-32-41(50(57)65)54-48(63)40-31-61(34-52-40)29-38-11-5-3-6-12-38)15-9-21-59-23-25-60(26-24-59)22-10-16-37-18-20-46-44(28-37)58(2)51(66)42(33-68-46)55-49(64)47-53-35-62(56-47)30-39-13-7-4-8-14-39/h3-8,11-14,17-20,27-28,31,34-35,41-42H,21-26,29-30,32-33H2,1-2H3,(H,54,63)(H,55,64)/t41-,42-/m0/s1. The van der Waals surface area contributed by atoms with Crippen molar-refractivity contribution in [3.05, 3.63) is 150 Å². The molecule has 0 aliphatic carbocycles. The Hall–Kier alpha value is -8.25. The Balaban J connectivity index is 0.723. The summed E-state index contributed by atoms with van der Waals surface area (Å²) in [7, 11) is 3.32. The Bertz CT molecular complexity index is 2740. The highest BCUT2D eigenvalue weighted by atomic mass is 16.5. The molecule has 2 N–H and O–H groups in total. The molecular formula is C51H49N11O6. The molecule has 1 fully saturated rings. The number of carbonyl (C=O) groups is 4. The van der Waals surface area contributed by atoms with E-state index in [1.165, 1.54) is 16.1 Å². The molecule has 17 nitrogen and oxygen atoms in total. The first kappa shape index (κ1) is 44.9. The van der Waals surface area contributed by atoms with Gasteiger partial charge in [0.15, 0.2) is 0 Å². The number of hydrogen-bond donors (Lipinski definition) is 2. The van der Waals surface area contributed by atoms with Crippen LogP contribution in [0.3, 0.4) is 0 Å². The van der Waals surface area contributed by atoms with Crippen LogP contribution >= 0.6 is 0 Å². The van der Waals surface area contributed by atoms with Gasteiger partial charge in [0, 0.05) is 64.1 Å². The molecule has 0 unspecified atom stereocenters. The van der Waals surface area contributed by atoms with Crippen molar-refractivity contribution >= 4 is 35.0 Å². The van der Waals surface area contributed by atoms with Gasteiger partial charge in [-0.25, -0.2) is 14.6 Å². The Morgan fingerprint density at radius 1 is 0.647 bits per heavy atom. The Kier molecular flexibility index (Phi) is 13.5. The number of piperazine rings is 1. The molecule has 17 heteroatoms. The fourth-order valence-corrected chi connectivity index (χ4v) is 8.03. The fraction of sp³-hybridized carbons (Fsp3) is 0.275. The van der Waals surface area contributed by atoms with E-state index in [9.17, 15) is 19.2 Å². The monoisotopic (exact) mass is 911 g/mol. The van der Waals surface area contributed by atoms with E-state index in [4.69, 9.17) is 9.47 Å². The lowest BCUT2D eigenvalue weighted by atomic mass is 10.1. The molecule has 0 spiro atoms. The summed E-state index contributed by atoms with van der Waals surface area (Å²) in [6.45, 7) is 5.46. The molecule has 0 radical (unpaired) electrons. The predicted octanol–water partition coefficient (Wildman–Crippen LogP) is 2.90. The first-order chi connectivity index (χ1) is 33.1. The lowest BCUT2D eigenvalue weighted by Crippen LogP contribution is -2.49. The second-order valence-electron chi connectivity index (χ2n) is 16.7. The fourth-order valence-electron chi connectivity index (χ4n) is 8.03. The number of imidazole rings is 1. The number of rotatable bonds is 10. The summed E-state index contributed by atoms with van der Waals surface area (Å²) in [5.74, 6) is 12.4. The van der Waals surface area contributed by atoms with Gasteiger partial charge < -0.3 is 34.5 Å². The number of ether oxygens (including phenoxy) is 2. The molecule has 6 aromatic rings. The van der Waals surface area contributed by atoms with E-state index < -0.39 is 23.9 Å². The largest absolute Gasteiger partial charge is 0.489 e. The summed E-state index contributed by atoms with van der Waals surface area (Å²) in [6.07, 6.45) is 4.75. The van der Waals surface area contributed by atoms with Gasteiger partial charge >= 0.3 is 0 Å². The number of amides is 4. The molecule has 344 valence electrons. The van der Waals surface area contributed by atoms with Crippen LogP contribution in [0.1, 0.15) is 43.4 Å². The number of aromatic nitrogens is 5. The van der Waals surface area contributed by atoms with Crippen LogP contribution in [0.2, 0.25) is 0 Å². The van der Waals surface area contributed by atoms with Crippen LogP contribution in [0.15, 0.2) is 116 Å². The maximum Gasteiger partial charge on any atom is 0.291 e. The molecule has 5 heterocycles. The summed E-state index contributed by atoms with van der Waals surface area (Å²) < 4.78 is 15.4. The zero-order valence-corrected chi connectivity index (χ0v) is 37.7. The molecule has 68 heavy (non-hydrogen) atoms. The molecular weight excluding hydrogens is 863 g/mol. The lowest BCUT2D eigenvalue weighted by molar-refractivity contribution is -0.121. The zero-order valence-electron chi connectivity index (χ0n) is 37.7. The third-order valence-electron chi connectivity index (χ3n) is 11.9. The van der Waals surface area contributed by atoms with Crippen molar-refractivity contribution in [3.8, 4) is 35.2 Å². The van der Waals surface area contributed by atoms with Crippen LogP contribution in [0.25, 0.3) is 0 Å². The van der Waals surface area contributed by atoms with Gasteiger partial charge in [0.05, 0.1) is 37.3 Å². The van der Waals surface area contributed by atoms with Gasteiger partial charge in [-0.05, 0) is 47.5 Å². The van der Waals surface area contributed by atoms with Gasteiger partial charge in [0.2, 0.25) is 5.82 Å². The predicted molar refractivity (Wildman–Crippen MR) is 253 cm³/mol. The minimum absolute atomic E-state index is 0.0211. The summed E-state index contributed by atoms with van der Waals surface area (Å²) in [5.41, 5.74) is 4.94. The number of likely N-dealkylation sites (N-methyl/N-ethyl adjacent to an activating group) is 2. The van der Waals surface area contributed by atoms with Crippen molar-refractivity contribution < 1.29 is 28.7 Å². The highest BCUT2D eigenvalue weighted by Crippen LogP contribution is 2.33. The number of benzene rings is 4. The zero-order chi connectivity index (χ0) is 47.0.